The molecule has 0 rings (SSSR count). The van der Waals surface area contributed by atoms with Gasteiger partial charge in [0.25, 0.3) is 0 Å². The second-order valence-electron chi connectivity index (χ2n) is 8.65. The maximum absolute atomic E-state index is 6.69. The van der Waals surface area contributed by atoms with E-state index in [9.17, 15) is 0 Å². The van der Waals surface area contributed by atoms with Crippen LogP contribution >= 0.6 is 0 Å². The Hall–Kier alpha value is -0.246. The minimum atomic E-state index is -2.71. The van der Waals surface area contributed by atoms with Gasteiger partial charge in [0, 0.05) is 26.4 Å². The first-order chi connectivity index (χ1) is 15.5. The first-order valence-corrected chi connectivity index (χ1v) is 17.4. The Morgan fingerprint density at radius 3 is 1.09 bits per heavy atom. The van der Waals surface area contributed by atoms with E-state index in [1.54, 1.807) is 0 Å². The lowest BCUT2D eigenvalue weighted by Gasteiger charge is -2.41. The molecule has 4 nitrogen and oxygen atoms in total. The Balaban J connectivity index is 6.32. The maximum Gasteiger partial charge on any atom is 0.369 e. The Morgan fingerprint density at radius 2 is 0.844 bits per heavy atom. The zero-order chi connectivity index (χ0) is 24.1. The summed E-state index contributed by atoms with van der Waals surface area (Å²) in [4.78, 5) is 0. The quantitative estimate of drug-likeness (QED) is 0.114. The second-order valence-corrected chi connectivity index (χ2v) is 15.7. The summed E-state index contributed by atoms with van der Waals surface area (Å²) in [6, 6.07) is 0. The lowest BCUT2D eigenvalue weighted by atomic mass is 10.2. The summed E-state index contributed by atoms with van der Waals surface area (Å²) in [5, 5.41) is 0.0990. The largest absolute Gasteiger partial charge is 0.391 e. The summed E-state index contributed by atoms with van der Waals surface area (Å²) in [5.74, 6) is 0. The molecular formula is C26H54O4Si2. The third-order valence-corrected chi connectivity index (χ3v) is 14.3. The molecule has 0 spiro atoms. The molecule has 0 aromatic carbocycles. The fraction of sp³-hybridized carbons (Fsp3) is 0.846. The van der Waals surface area contributed by atoms with E-state index in [4.69, 9.17) is 17.7 Å². The van der Waals surface area contributed by atoms with Gasteiger partial charge in [0.2, 0.25) is 0 Å². The van der Waals surface area contributed by atoms with Crippen LogP contribution in [0, 0.1) is 0 Å². The van der Waals surface area contributed by atoms with Gasteiger partial charge in [-0.05, 0) is 49.9 Å². The molecule has 0 N–H and O–H groups in total. The Bertz CT molecular complexity index is 424. The number of hydrogen-bond donors (Lipinski definition) is 0. The summed E-state index contributed by atoms with van der Waals surface area (Å²) in [5.41, 5.74) is 4.62. The van der Waals surface area contributed by atoms with Crippen molar-refractivity contribution in [2.45, 2.75) is 118 Å². The number of unbranched alkanes of at least 4 members (excludes halogenated alkanes) is 4. The molecule has 32 heavy (non-hydrogen) atoms. The Kier molecular flexibility index (Phi) is 20.0. The van der Waals surface area contributed by atoms with Crippen LogP contribution in [0.3, 0.4) is 0 Å². The summed E-state index contributed by atoms with van der Waals surface area (Å²) < 4.78 is 26.7. The molecule has 0 bridgehead atoms. The third-order valence-electron chi connectivity index (χ3n) is 5.48. The van der Waals surface area contributed by atoms with E-state index in [1.165, 1.54) is 25.7 Å². The van der Waals surface area contributed by atoms with Crippen molar-refractivity contribution in [3.05, 3.63) is 23.6 Å². The minimum Gasteiger partial charge on any atom is -0.391 e. The van der Waals surface area contributed by atoms with Crippen LogP contribution in [-0.2, 0) is 17.7 Å². The number of hydrogen-bond acceptors (Lipinski definition) is 4. The molecule has 0 aliphatic carbocycles. The van der Waals surface area contributed by atoms with Gasteiger partial charge in [0.1, 0.15) is 0 Å². The first-order valence-electron chi connectivity index (χ1n) is 13.4. The van der Waals surface area contributed by atoms with Crippen molar-refractivity contribution >= 4 is 17.1 Å². The van der Waals surface area contributed by atoms with Gasteiger partial charge < -0.3 is 17.7 Å². The highest BCUT2D eigenvalue weighted by molar-refractivity contribution is 6.92. The zero-order valence-electron chi connectivity index (χ0n) is 22.4. The third kappa shape index (κ3) is 11.8. The SMILES string of the molecule is CCCCC=C[Si](OCCC)(OCCC)C(C)[Si](C=CCCCC)(OCCC)OCCC. The highest BCUT2D eigenvalue weighted by atomic mass is 28.4. The topological polar surface area (TPSA) is 36.9 Å². The van der Waals surface area contributed by atoms with Gasteiger partial charge >= 0.3 is 17.1 Å². The predicted octanol–water partition coefficient (Wildman–Crippen LogP) is 8.08. The molecule has 0 heterocycles. The summed E-state index contributed by atoms with van der Waals surface area (Å²) >= 11 is 0. The minimum absolute atomic E-state index is 0.0990. The van der Waals surface area contributed by atoms with E-state index in [0.717, 1.165) is 38.5 Å². The second kappa shape index (κ2) is 20.2. The molecule has 0 amide bonds. The molecule has 0 radical (unpaired) electrons. The van der Waals surface area contributed by atoms with Crippen LogP contribution in [0.5, 0.6) is 0 Å². The van der Waals surface area contributed by atoms with Gasteiger partial charge in [-0.1, -0.05) is 86.3 Å². The fourth-order valence-corrected chi connectivity index (χ4v) is 12.6. The van der Waals surface area contributed by atoms with Gasteiger partial charge in [-0.2, -0.15) is 0 Å². The van der Waals surface area contributed by atoms with Crippen LogP contribution in [0.4, 0.5) is 0 Å². The zero-order valence-corrected chi connectivity index (χ0v) is 24.4. The van der Waals surface area contributed by atoms with Gasteiger partial charge in [-0.15, -0.1) is 0 Å². The van der Waals surface area contributed by atoms with Crippen LogP contribution in [0.15, 0.2) is 23.6 Å². The van der Waals surface area contributed by atoms with E-state index in [0.29, 0.717) is 26.4 Å². The highest BCUT2D eigenvalue weighted by Crippen LogP contribution is 2.38. The molecule has 190 valence electrons. The highest BCUT2D eigenvalue weighted by Gasteiger charge is 2.56. The maximum atomic E-state index is 6.69. The van der Waals surface area contributed by atoms with Crippen molar-refractivity contribution < 1.29 is 17.7 Å². The average molecular weight is 487 g/mol. The molecule has 0 saturated carbocycles. The number of allylic oxidation sites excluding steroid dienone is 2. The van der Waals surface area contributed by atoms with Crippen molar-refractivity contribution in [1.29, 1.82) is 0 Å². The van der Waals surface area contributed by atoms with E-state index in [2.05, 4.69) is 72.0 Å². The van der Waals surface area contributed by atoms with Crippen molar-refractivity contribution in [2.24, 2.45) is 0 Å². The van der Waals surface area contributed by atoms with Crippen LogP contribution in [0.1, 0.15) is 113 Å². The van der Waals surface area contributed by atoms with Crippen LogP contribution in [0.25, 0.3) is 0 Å². The van der Waals surface area contributed by atoms with Crippen LogP contribution < -0.4 is 0 Å². The van der Waals surface area contributed by atoms with Gasteiger partial charge in [-0.25, -0.2) is 0 Å². The van der Waals surface area contributed by atoms with Gasteiger partial charge in [0.15, 0.2) is 0 Å². The smallest absolute Gasteiger partial charge is 0.369 e. The standard InChI is InChI=1S/C26H54O4Si2/c1-8-14-16-18-24-31(27-20-10-3,28-21-11-4)26(7)32(29-22-12-5,30-23-13-6)25-19-17-15-9-2/h18-19,24-26H,8-17,20-23H2,1-7H3. The Morgan fingerprint density at radius 1 is 0.531 bits per heavy atom. The van der Waals surface area contributed by atoms with E-state index < -0.39 is 17.1 Å². The van der Waals surface area contributed by atoms with E-state index in [1.807, 2.05) is 0 Å². The molecule has 0 saturated heterocycles. The predicted molar refractivity (Wildman–Crippen MR) is 143 cm³/mol. The Labute approximate surface area is 202 Å². The van der Waals surface area contributed by atoms with E-state index >= 15 is 0 Å². The van der Waals surface area contributed by atoms with Crippen molar-refractivity contribution in [3.8, 4) is 0 Å². The summed E-state index contributed by atoms with van der Waals surface area (Å²) in [6.45, 7) is 18.3. The van der Waals surface area contributed by atoms with E-state index in [-0.39, 0.29) is 5.16 Å². The molecule has 0 aromatic rings. The fourth-order valence-electron chi connectivity index (χ4n) is 3.53. The van der Waals surface area contributed by atoms with Crippen LogP contribution in [-0.4, -0.2) is 43.5 Å². The molecule has 0 atom stereocenters. The van der Waals surface area contributed by atoms with Crippen LogP contribution in [0.2, 0.25) is 5.16 Å². The van der Waals surface area contributed by atoms with Crippen molar-refractivity contribution in [1.82, 2.24) is 0 Å². The lowest BCUT2D eigenvalue weighted by molar-refractivity contribution is 0.148. The lowest BCUT2D eigenvalue weighted by Crippen LogP contribution is -2.59. The monoisotopic (exact) mass is 486 g/mol. The molecule has 6 heteroatoms. The molecule has 0 unspecified atom stereocenters. The molecule has 0 aliphatic rings. The number of rotatable bonds is 22. The molecule has 0 aromatic heterocycles. The van der Waals surface area contributed by atoms with Crippen molar-refractivity contribution in [2.75, 3.05) is 26.4 Å². The van der Waals surface area contributed by atoms with Gasteiger partial charge in [0.05, 0.1) is 5.16 Å². The molecule has 0 aliphatic heterocycles. The average Bonchev–Trinajstić information content (AvgIpc) is 2.82. The first kappa shape index (κ1) is 31.8. The van der Waals surface area contributed by atoms with Crippen molar-refractivity contribution in [3.63, 3.8) is 0 Å². The molecular weight excluding hydrogens is 432 g/mol. The summed E-state index contributed by atoms with van der Waals surface area (Å²) in [7, 11) is -5.43. The summed E-state index contributed by atoms with van der Waals surface area (Å²) in [6.07, 6.45) is 15.4. The molecule has 0 fully saturated rings. The van der Waals surface area contributed by atoms with Gasteiger partial charge in [-0.3, -0.25) is 0 Å². The normalized spacial score (nSPS) is 14.1.